The van der Waals surface area contributed by atoms with Crippen LogP contribution in [-0.4, -0.2) is 23.4 Å². The summed E-state index contributed by atoms with van der Waals surface area (Å²) in [6.07, 6.45) is 3.28. The lowest BCUT2D eigenvalue weighted by Crippen LogP contribution is -2.30. The number of fused-ring (bicyclic) bond motifs is 2. The molecule has 1 atom stereocenters. The fourth-order valence-electron chi connectivity index (χ4n) is 3.41. The summed E-state index contributed by atoms with van der Waals surface area (Å²) in [4.78, 5) is 0. The van der Waals surface area contributed by atoms with E-state index in [1.54, 1.807) is 0 Å². The summed E-state index contributed by atoms with van der Waals surface area (Å²) < 4.78 is 14.4. The van der Waals surface area contributed by atoms with Crippen molar-refractivity contribution in [3.63, 3.8) is 0 Å². The predicted molar refractivity (Wildman–Crippen MR) is 93.1 cm³/mol. The SMILES string of the molecule is CC1OB(/C=C2/c3ccccc3CCn3cccc32)OC1(C)C. The van der Waals surface area contributed by atoms with Gasteiger partial charge in [0, 0.05) is 18.4 Å². The predicted octanol–water partition coefficient (Wildman–Crippen LogP) is 3.72. The number of nitrogens with zero attached hydrogens (tertiary/aromatic N) is 1. The number of rotatable bonds is 1. The van der Waals surface area contributed by atoms with Crippen LogP contribution in [0.4, 0.5) is 0 Å². The first-order valence-electron chi connectivity index (χ1n) is 8.33. The number of aryl methyl sites for hydroxylation is 2. The van der Waals surface area contributed by atoms with Gasteiger partial charge in [-0.1, -0.05) is 24.3 Å². The van der Waals surface area contributed by atoms with Gasteiger partial charge in [-0.05, 0) is 62.0 Å². The summed E-state index contributed by atoms with van der Waals surface area (Å²) in [5, 5.41) is 0. The molecule has 1 aromatic carbocycles. The third-order valence-corrected chi connectivity index (χ3v) is 5.07. The highest BCUT2D eigenvalue weighted by Crippen LogP contribution is 2.34. The molecule has 1 saturated heterocycles. The van der Waals surface area contributed by atoms with E-state index in [1.807, 2.05) is 0 Å². The zero-order chi connectivity index (χ0) is 16.0. The number of benzene rings is 1. The van der Waals surface area contributed by atoms with E-state index in [9.17, 15) is 0 Å². The summed E-state index contributed by atoms with van der Waals surface area (Å²) in [5.41, 5.74) is 4.85. The van der Waals surface area contributed by atoms with Crippen molar-refractivity contribution in [2.24, 2.45) is 0 Å². The monoisotopic (exact) mass is 307 g/mol. The van der Waals surface area contributed by atoms with Gasteiger partial charge in [0.25, 0.3) is 0 Å². The first-order chi connectivity index (χ1) is 11.0. The summed E-state index contributed by atoms with van der Waals surface area (Å²) in [6, 6.07) is 12.9. The minimum Gasteiger partial charge on any atom is -0.402 e. The molecule has 0 spiro atoms. The second kappa shape index (κ2) is 5.39. The lowest BCUT2D eigenvalue weighted by molar-refractivity contribution is 0.0842. The van der Waals surface area contributed by atoms with Crippen molar-refractivity contribution in [2.75, 3.05) is 0 Å². The Morgan fingerprint density at radius 2 is 2.04 bits per heavy atom. The molecule has 2 aliphatic heterocycles. The highest BCUT2D eigenvalue weighted by atomic mass is 16.7. The van der Waals surface area contributed by atoms with Crippen molar-refractivity contribution < 1.29 is 9.31 Å². The van der Waals surface area contributed by atoms with Gasteiger partial charge in [0.15, 0.2) is 0 Å². The topological polar surface area (TPSA) is 23.4 Å². The first-order valence-corrected chi connectivity index (χ1v) is 8.33. The average molecular weight is 307 g/mol. The highest BCUT2D eigenvalue weighted by Gasteiger charge is 2.42. The van der Waals surface area contributed by atoms with Gasteiger partial charge >= 0.3 is 7.12 Å². The maximum atomic E-state index is 6.10. The Morgan fingerprint density at radius 1 is 1.22 bits per heavy atom. The second-order valence-electron chi connectivity index (χ2n) is 6.94. The van der Waals surface area contributed by atoms with Gasteiger partial charge in [0.1, 0.15) is 0 Å². The van der Waals surface area contributed by atoms with E-state index in [0.717, 1.165) is 13.0 Å². The van der Waals surface area contributed by atoms with Crippen LogP contribution in [-0.2, 0) is 22.3 Å². The number of hydrogen-bond donors (Lipinski definition) is 0. The molecule has 23 heavy (non-hydrogen) atoms. The molecular formula is C19H22BNO2. The van der Waals surface area contributed by atoms with E-state index < -0.39 is 0 Å². The first kappa shape index (κ1) is 14.8. The fourth-order valence-corrected chi connectivity index (χ4v) is 3.41. The van der Waals surface area contributed by atoms with E-state index in [-0.39, 0.29) is 18.8 Å². The van der Waals surface area contributed by atoms with Crippen LogP contribution in [0.15, 0.2) is 48.6 Å². The molecule has 1 fully saturated rings. The molecule has 1 aromatic heterocycles. The molecule has 2 aromatic rings. The maximum Gasteiger partial charge on any atom is 0.487 e. The van der Waals surface area contributed by atoms with E-state index in [4.69, 9.17) is 9.31 Å². The van der Waals surface area contributed by atoms with Crippen LogP contribution in [0.2, 0.25) is 0 Å². The molecule has 0 aliphatic carbocycles. The number of hydrogen-bond acceptors (Lipinski definition) is 2. The molecule has 0 saturated carbocycles. The molecule has 3 heterocycles. The Morgan fingerprint density at radius 3 is 2.83 bits per heavy atom. The van der Waals surface area contributed by atoms with Gasteiger partial charge in [-0.25, -0.2) is 0 Å². The second-order valence-corrected chi connectivity index (χ2v) is 6.94. The van der Waals surface area contributed by atoms with Crippen LogP contribution in [0.25, 0.3) is 5.57 Å². The van der Waals surface area contributed by atoms with Gasteiger partial charge in [0.2, 0.25) is 0 Å². The van der Waals surface area contributed by atoms with Crippen molar-refractivity contribution in [1.82, 2.24) is 4.57 Å². The van der Waals surface area contributed by atoms with E-state index in [2.05, 4.69) is 73.9 Å². The molecule has 1 unspecified atom stereocenters. The Bertz CT molecular complexity index is 762. The van der Waals surface area contributed by atoms with E-state index in [0.29, 0.717) is 0 Å². The Kier molecular flexibility index (Phi) is 3.47. The van der Waals surface area contributed by atoms with Gasteiger partial charge in [0.05, 0.1) is 11.7 Å². The smallest absolute Gasteiger partial charge is 0.402 e. The minimum absolute atomic E-state index is 0.0807. The van der Waals surface area contributed by atoms with Crippen molar-refractivity contribution in [3.8, 4) is 0 Å². The standard InChI is InChI=1S/C19H22BNO2/c1-14-19(2,3)23-20(22-14)13-17-16-8-5-4-7-15(16)10-12-21-11-6-9-18(17)21/h4-9,11,13-14H,10,12H2,1-3H3/b17-13-. The summed E-state index contributed by atoms with van der Waals surface area (Å²) in [6.45, 7) is 7.24. The van der Waals surface area contributed by atoms with Gasteiger partial charge in [-0.2, -0.15) is 0 Å². The molecule has 0 amide bonds. The molecular weight excluding hydrogens is 285 g/mol. The normalized spacial score (nSPS) is 24.4. The molecule has 3 nitrogen and oxygen atoms in total. The van der Waals surface area contributed by atoms with Crippen molar-refractivity contribution >= 4 is 12.7 Å². The van der Waals surface area contributed by atoms with Crippen LogP contribution >= 0.6 is 0 Å². The van der Waals surface area contributed by atoms with E-state index >= 15 is 0 Å². The summed E-state index contributed by atoms with van der Waals surface area (Å²) in [5.74, 6) is 2.14. The Balaban J connectivity index is 1.81. The van der Waals surface area contributed by atoms with Gasteiger partial charge in [-0.3, -0.25) is 0 Å². The lowest BCUT2D eigenvalue weighted by Gasteiger charge is -2.21. The third-order valence-electron chi connectivity index (χ3n) is 5.07. The molecule has 2 aliphatic rings. The van der Waals surface area contributed by atoms with Crippen molar-refractivity contribution in [3.05, 3.63) is 65.4 Å². The van der Waals surface area contributed by atoms with Crippen LogP contribution < -0.4 is 0 Å². The van der Waals surface area contributed by atoms with Crippen LogP contribution in [0.1, 0.15) is 37.6 Å². The summed E-state index contributed by atoms with van der Waals surface area (Å²) >= 11 is 0. The summed E-state index contributed by atoms with van der Waals surface area (Å²) in [7, 11) is -0.301. The molecule has 0 radical (unpaired) electrons. The van der Waals surface area contributed by atoms with E-state index in [1.165, 1.54) is 22.4 Å². The average Bonchev–Trinajstić information content (AvgIpc) is 3.04. The van der Waals surface area contributed by atoms with Crippen molar-refractivity contribution in [2.45, 2.75) is 45.4 Å². The lowest BCUT2D eigenvalue weighted by atomic mass is 9.83. The molecule has 0 N–H and O–H groups in total. The highest BCUT2D eigenvalue weighted by molar-refractivity contribution is 6.53. The quantitative estimate of drug-likeness (QED) is 0.750. The Labute approximate surface area is 138 Å². The van der Waals surface area contributed by atoms with Crippen LogP contribution in [0.5, 0.6) is 0 Å². The maximum absolute atomic E-state index is 6.10. The molecule has 4 rings (SSSR count). The van der Waals surface area contributed by atoms with Gasteiger partial charge < -0.3 is 13.9 Å². The Hall–Kier alpha value is -1.78. The minimum atomic E-state index is -0.301. The molecule has 0 bridgehead atoms. The third kappa shape index (κ3) is 2.56. The molecule has 4 heteroatoms. The van der Waals surface area contributed by atoms with Gasteiger partial charge in [-0.15, -0.1) is 0 Å². The zero-order valence-electron chi connectivity index (χ0n) is 14.0. The number of aromatic nitrogens is 1. The van der Waals surface area contributed by atoms with Crippen molar-refractivity contribution in [1.29, 1.82) is 0 Å². The largest absolute Gasteiger partial charge is 0.487 e. The van der Waals surface area contributed by atoms with Crippen LogP contribution in [0.3, 0.4) is 0 Å². The van der Waals surface area contributed by atoms with Crippen LogP contribution in [0, 0.1) is 0 Å². The zero-order valence-corrected chi connectivity index (χ0v) is 14.0. The molecule has 118 valence electrons. The fraction of sp³-hybridized carbons (Fsp3) is 0.368.